The Bertz CT molecular complexity index is 654. The third-order valence-corrected chi connectivity index (χ3v) is 4.91. The van der Waals surface area contributed by atoms with Gasteiger partial charge in [0.1, 0.15) is 0 Å². The molecule has 0 atom stereocenters. The Hall–Kier alpha value is -1.59. The summed E-state index contributed by atoms with van der Waals surface area (Å²) in [4.78, 5) is 24.1. The number of hydrogen-bond acceptors (Lipinski definition) is 3. The van der Waals surface area contributed by atoms with Gasteiger partial charge in [0.05, 0.1) is 16.5 Å². The van der Waals surface area contributed by atoms with Crippen LogP contribution in [0.15, 0.2) is 23.3 Å². The van der Waals surface area contributed by atoms with Crippen molar-refractivity contribution in [2.24, 2.45) is 5.10 Å². The Labute approximate surface area is 158 Å². The van der Waals surface area contributed by atoms with Gasteiger partial charge in [-0.25, -0.2) is 5.43 Å². The molecule has 0 bridgehead atoms. The predicted octanol–water partition coefficient (Wildman–Crippen LogP) is 4.33. The highest BCUT2D eigenvalue weighted by Crippen LogP contribution is 2.22. The molecule has 1 fully saturated rings. The van der Waals surface area contributed by atoms with Crippen LogP contribution in [0.1, 0.15) is 62.2 Å². The van der Waals surface area contributed by atoms with Crippen LogP contribution < -0.4 is 10.7 Å². The second-order valence-corrected chi connectivity index (χ2v) is 7.16. The standard InChI is InChI=1S/C18H23Cl2N3O2/c1-12(10-17(24)21-14-6-4-2-3-5-7-14)22-23-18(25)13-8-9-15(19)16(20)11-13/h8-9,11,14H,2-7,10H2,1H3,(H,21,24)(H,23,25)/b22-12-. The van der Waals surface area contributed by atoms with E-state index in [2.05, 4.69) is 15.8 Å². The second-order valence-electron chi connectivity index (χ2n) is 6.35. The topological polar surface area (TPSA) is 70.6 Å². The van der Waals surface area contributed by atoms with E-state index < -0.39 is 5.91 Å². The largest absolute Gasteiger partial charge is 0.353 e. The number of rotatable bonds is 5. The molecule has 1 aliphatic rings. The van der Waals surface area contributed by atoms with Crippen LogP contribution in [0, 0.1) is 0 Å². The zero-order chi connectivity index (χ0) is 18.2. The monoisotopic (exact) mass is 383 g/mol. The molecule has 0 radical (unpaired) electrons. The number of hydrogen-bond donors (Lipinski definition) is 2. The molecule has 1 aromatic rings. The second kappa shape index (κ2) is 9.78. The van der Waals surface area contributed by atoms with Gasteiger partial charge in [0.25, 0.3) is 5.91 Å². The zero-order valence-corrected chi connectivity index (χ0v) is 15.8. The summed E-state index contributed by atoms with van der Waals surface area (Å²) >= 11 is 11.7. The smallest absolute Gasteiger partial charge is 0.271 e. The minimum absolute atomic E-state index is 0.0584. The lowest BCUT2D eigenvalue weighted by Crippen LogP contribution is -2.35. The van der Waals surface area contributed by atoms with Gasteiger partial charge in [-0.1, -0.05) is 48.9 Å². The molecule has 0 unspecified atom stereocenters. The van der Waals surface area contributed by atoms with Crippen molar-refractivity contribution in [1.82, 2.24) is 10.7 Å². The van der Waals surface area contributed by atoms with E-state index in [0.29, 0.717) is 21.3 Å². The molecular formula is C18H23Cl2N3O2. The van der Waals surface area contributed by atoms with Gasteiger partial charge in [0.2, 0.25) is 5.91 Å². The van der Waals surface area contributed by atoms with Gasteiger partial charge in [-0.15, -0.1) is 0 Å². The van der Waals surface area contributed by atoms with E-state index in [1.54, 1.807) is 19.1 Å². The summed E-state index contributed by atoms with van der Waals surface area (Å²) in [7, 11) is 0. The number of benzene rings is 1. The van der Waals surface area contributed by atoms with Gasteiger partial charge < -0.3 is 5.32 Å². The van der Waals surface area contributed by atoms with Crippen molar-refractivity contribution in [3.05, 3.63) is 33.8 Å². The lowest BCUT2D eigenvalue weighted by Gasteiger charge is -2.16. The maximum atomic E-state index is 12.1. The van der Waals surface area contributed by atoms with Gasteiger partial charge in [0, 0.05) is 17.3 Å². The number of carbonyl (C=O) groups is 2. The molecule has 2 rings (SSSR count). The number of halogens is 2. The molecule has 0 aromatic heterocycles. The molecule has 0 aliphatic heterocycles. The van der Waals surface area contributed by atoms with E-state index in [1.807, 2.05) is 0 Å². The molecule has 1 aromatic carbocycles. The van der Waals surface area contributed by atoms with Gasteiger partial charge in [-0.2, -0.15) is 5.10 Å². The van der Waals surface area contributed by atoms with Crippen molar-refractivity contribution in [2.75, 3.05) is 0 Å². The van der Waals surface area contributed by atoms with Gasteiger partial charge in [-0.3, -0.25) is 9.59 Å². The maximum absolute atomic E-state index is 12.1. The van der Waals surface area contributed by atoms with E-state index in [1.165, 1.54) is 18.9 Å². The van der Waals surface area contributed by atoms with Crippen molar-refractivity contribution < 1.29 is 9.59 Å². The first-order valence-corrected chi connectivity index (χ1v) is 9.29. The maximum Gasteiger partial charge on any atom is 0.271 e. The first-order valence-electron chi connectivity index (χ1n) is 8.53. The minimum atomic E-state index is -0.401. The Kier molecular flexibility index (Phi) is 7.72. The molecule has 1 aliphatic carbocycles. The highest BCUT2D eigenvalue weighted by molar-refractivity contribution is 6.42. The molecule has 136 valence electrons. The third-order valence-electron chi connectivity index (χ3n) is 4.17. The summed E-state index contributed by atoms with van der Waals surface area (Å²) < 4.78 is 0. The van der Waals surface area contributed by atoms with Crippen LogP contribution in [0.4, 0.5) is 0 Å². The zero-order valence-electron chi connectivity index (χ0n) is 14.3. The first kappa shape index (κ1) is 19.7. The highest BCUT2D eigenvalue weighted by atomic mass is 35.5. The van der Waals surface area contributed by atoms with E-state index in [4.69, 9.17) is 23.2 Å². The van der Waals surface area contributed by atoms with Gasteiger partial charge >= 0.3 is 0 Å². The fraction of sp³-hybridized carbons (Fsp3) is 0.500. The van der Waals surface area contributed by atoms with Crippen LogP contribution in [0.5, 0.6) is 0 Å². The van der Waals surface area contributed by atoms with E-state index >= 15 is 0 Å². The van der Waals surface area contributed by atoms with E-state index in [9.17, 15) is 9.59 Å². The molecule has 7 heteroatoms. The summed E-state index contributed by atoms with van der Waals surface area (Å²) in [5.41, 5.74) is 3.33. The van der Waals surface area contributed by atoms with E-state index in [0.717, 1.165) is 25.7 Å². The summed E-state index contributed by atoms with van der Waals surface area (Å²) in [6, 6.07) is 4.85. The fourth-order valence-electron chi connectivity index (χ4n) is 2.82. The van der Waals surface area contributed by atoms with Crippen LogP contribution in [-0.4, -0.2) is 23.6 Å². The SMILES string of the molecule is C/C(CC(=O)NC1CCCCCC1)=N/NC(=O)c1ccc(Cl)c(Cl)c1. The highest BCUT2D eigenvalue weighted by Gasteiger charge is 2.15. The van der Waals surface area contributed by atoms with Gasteiger partial charge in [0.15, 0.2) is 0 Å². The van der Waals surface area contributed by atoms with Crippen molar-refractivity contribution in [3.8, 4) is 0 Å². The minimum Gasteiger partial charge on any atom is -0.353 e. The average molecular weight is 384 g/mol. The molecule has 1 saturated carbocycles. The molecule has 0 heterocycles. The van der Waals surface area contributed by atoms with Crippen LogP contribution in [-0.2, 0) is 4.79 Å². The Morgan fingerprint density at radius 1 is 1.12 bits per heavy atom. The van der Waals surface area contributed by atoms with Crippen LogP contribution in [0.25, 0.3) is 0 Å². The number of amides is 2. The summed E-state index contributed by atoms with van der Waals surface area (Å²) in [5, 5.41) is 7.73. The fourth-order valence-corrected chi connectivity index (χ4v) is 3.12. The summed E-state index contributed by atoms with van der Waals surface area (Å²) in [5.74, 6) is -0.459. The number of carbonyl (C=O) groups excluding carboxylic acids is 2. The Morgan fingerprint density at radius 3 is 2.44 bits per heavy atom. The summed E-state index contributed by atoms with van der Waals surface area (Å²) in [6.45, 7) is 1.71. The first-order chi connectivity index (χ1) is 12.0. The lowest BCUT2D eigenvalue weighted by atomic mass is 10.1. The normalized spacial score (nSPS) is 16.2. The molecule has 0 saturated heterocycles. The van der Waals surface area contributed by atoms with Gasteiger partial charge in [-0.05, 0) is 38.0 Å². The van der Waals surface area contributed by atoms with Crippen LogP contribution >= 0.6 is 23.2 Å². The molecular weight excluding hydrogens is 361 g/mol. The predicted molar refractivity (Wildman–Crippen MR) is 101 cm³/mol. The Morgan fingerprint density at radius 2 is 1.80 bits per heavy atom. The van der Waals surface area contributed by atoms with Crippen molar-refractivity contribution in [3.63, 3.8) is 0 Å². The number of hydrazone groups is 1. The Balaban J connectivity index is 1.82. The number of nitrogens with one attached hydrogen (secondary N) is 2. The van der Waals surface area contributed by atoms with Crippen molar-refractivity contribution in [1.29, 1.82) is 0 Å². The summed E-state index contributed by atoms with van der Waals surface area (Å²) in [6.07, 6.45) is 7.06. The average Bonchev–Trinajstić information content (AvgIpc) is 2.83. The van der Waals surface area contributed by atoms with Crippen LogP contribution in [0.2, 0.25) is 10.0 Å². The lowest BCUT2D eigenvalue weighted by molar-refractivity contribution is -0.120. The molecule has 25 heavy (non-hydrogen) atoms. The van der Waals surface area contributed by atoms with Crippen LogP contribution in [0.3, 0.4) is 0 Å². The van der Waals surface area contributed by atoms with Crippen molar-refractivity contribution >= 4 is 40.7 Å². The van der Waals surface area contributed by atoms with E-state index in [-0.39, 0.29) is 18.4 Å². The van der Waals surface area contributed by atoms with Crippen molar-refractivity contribution in [2.45, 2.75) is 57.9 Å². The molecule has 2 N–H and O–H groups in total. The molecule has 2 amide bonds. The number of nitrogens with zero attached hydrogens (tertiary/aromatic N) is 1. The molecule has 5 nitrogen and oxygen atoms in total. The quantitative estimate of drug-likeness (QED) is 0.451. The third kappa shape index (κ3) is 6.67. The molecule has 0 spiro atoms.